The van der Waals surface area contributed by atoms with Crippen molar-refractivity contribution in [1.82, 2.24) is 20.1 Å². The number of amides is 1. The van der Waals surface area contributed by atoms with Crippen LogP contribution in [-0.4, -0.2) is 34.3 Å². The van der Waals surface area contributed by atoms with Gasteiger partial charge in [0.05, 0.1) is 17.4 Å². The molecular formula is C13H17N5O. The van der Waals surface area contributed by atoms with E-state index in [4.69, 9.17) is 0 Å². The van der Waals surface area contributed by atoms with Crippen LogP contribution in [0.5, 0.6) is 0 Å². The maximum Gasteiger partial charge on any atom is 0.253 e. The van der Waals surface area contributed by atoms with Crippen molar-refractivity contribution in [2.45, 2.75) is 13.0 Å². The van der Waals surface area contributed by atoms with Crippen LogP contribution in [0.25, 0.3) is 0 Å². The number of hydrogen-bond donors (Lipinski definition) is 2. The Hall–Kier alpha value is -2.37. The largest absolute Gasteiger partial charge is 0.386 e. The molecule has 0 saturated carbocycles. The molecule has 6 heteroatoms. The second-order valence-corrected chi connectivity index (χ2v) is 4.05. The summed E-state index contributed by atoms with van der Waals surface area (Å²) in [6.45, 7) is 1.41. The third kappa shape index (κ3) is 3.54. The molecule has 2 aromatic heterocycles. The van der Waals surface area contributed by atoms with Crippen LogP contribution in [0.4, 0.5) is 5.69 Å². The van der Waals surface area contributed by atoms with Crippen LogP contribution in [0.2, 0.25) is 0 Å². The highest BCUT2D eigenvalue weighted by Gasteiger charge is 2.09. The van der Waals surface area contributed by atoms with Crippen molar-refractivity contribution in [1.29, 1.82) is 0 Å². The van der Waals surface area contributed by atoms with Crippen molar-refractivity contribution in [3.05, 3.63) is 42.5 Å². The lowest BCUT2D eigenvalue weighted by Crippen LogP contribution is -2.26. The van der Waals surface area contributed by atoms with Crippen LogP contribution in [-0.2, 0) is 6.54 Å². The summed E-state index contributed by atoms with van der Waals surface area (Å²) in [6, 6.07) is 3.59. The van der Waals surface area contributed by atoms with Crippen molar-refractivity contribution < 1.29 is 4.79 Å². The van der Waals surface area contributed by atoms with Crippen LogP contribution in [0.1, 0.15) is 16.8 Å². The summed E-state index contributed by atoms with van der Waals surface area (Å²) in [7, 11) is 1.77. The van der Waals surface area contributed by atoms with Gasteiger partial charge in [-0.3, -0.25) is 14.5 Å². The molecule has 1 amide bonds. The van der Waals surface area contributed by atoms with E-state index in [0.717, 1.165) is 18.7 Å². The molecule has 0 aliphatic heterocycles. The minimum atomic E-state index is -0.0905. The van der Waals surface area contributed by atoms with Gasteiger partial charge in [0.15, 0.2) is 0 Å². The summed E-state index contributed by atoms with van der Waals surface area (Å²) in [5.74, 6) is -0.0905. The average molecular weight is 259 g/mol. The summed E-state index contributed by atoms with van der Waals surface area (Å²) in [6.07, 6.45) is 7.74. The lowest BCUT2D eigenvalue weighted by molar-refractivity contribution is 0.0953. The van der Waals surface area contributed by atoms with Gasteiger partial charge in [-0.2, -0.15) is 5.10 Å². The average Bonchev–Trinajstić information content (AvgIpc) is 2.96. The second-order valence-electron chi connectivity index (χ2n) is 4.05. The highest BCUT2D eigenvalue weighted by atomic mass is 16.1. The SMILES string of the molecule is CNc1cnccc1C(=O)NCCCn1cccn1. The molecule has 0 bridgehead atoms. The highest BCUT2D eigenvalue weighted by Crippen LogP contribution is 2.11. The quantitative estimate of drug-likeness (QED) is 0.763. The van der Waals surface area contributed by atoms with E-state index >= 15 is 0 Å². The van der Waals surface area contributed by atoms with Gasteiger partial charge >= 0.3 is 0 Å². The predicted octanol–water partition coefficient (Wildman–Crippen LogP) is 1.14. The fourth-order valence-corrected chi connectivity index (χ4v) is 1.76. The lowest BCUT2D eigenvalue weighted by Gasteiger charge is -2.09. The molecule has 2 heterocycles. The topological polar surface area (TPSA) is 71.8 Å². The molecule has 100 valence electrons. The molecule has 0 aliphatic carbocycles. The van der Waals surface area contributed by atoms with Gasteiger partial charge in [-0.15, -0.1) is 0 Å². The van der Waals surface area contributed by atoms with Crippen LogP contribution >= 0.6 is 0 Å². The minimum absolute atomic E-state index is 0.0905. The third-order valence-corrected chi connectivity index (χ3v) is 2.74. The van der Waals surface area contributed by atoms with Crippen molar-refractivity contribution in [3.8, 4) is 0 Å². The van der Waals surface area contributed by atoms with Gasteiger partial charge in [-0.05, 0) is 18.6 Å². The Bertz CT molecular complexity index is 524. The molecule has 0 radical (unpaired) electrons. The maximum atomic E-state index is 12.0. The molecule has 2 rings (SSSR count). The fourth-order valence-electron chi connectivity index (χ4n) is 1.76. The molecule has 0 atom stereocenters. The zero-order chi connectivity index (χ0) is 13.5. The Morgan fingerprint density at radius 2 is 2.32 bits per heavy atom. The molecule has 2 aromatic rings. The number of pyridine rings is 1. The second kappa shape index (κ2) is 6.53. The molecule has 0 unspecified atom stereocenters. The van der Waals surface area contributed by atoms with Crippen molar-refractivity contribution >= 4 is 11.6 Å². The van der Waals surface area contributed by atoms with Crippen molar-refractivity contribution in [2.75, 3.05) is 18.9 Å². The summed E-state index contributed by atoms with van der Waals surface area (Å²) < 4.78 is 1.84. The number of rotatable bonds is 6. The monoisotopic (exact) mass is 259 g/mol. The standard InChI is InChI=1S/C13H17N5O/c1-14-12-10-15-7-4-11(12)13(19)16-5-2-8-18-9-3-6-17-18/h3-4,6-7,9-10,14H,2,5,8H2,1H3,(H,16,19). The summed E-state index contributed by atoms with van der Waals surface area (Å²) >= 11 is 0. The molecule has 0 aromatic carbocycles. The molecule has 0 saturated heterocycles. The van der Waals surface area contributed by atoms with Crippen LogP contribution < -0.4 is 10.6 Å². The number of carbonyl (C=O) groups excluding carboxylic acids is 1. The van der Waals surface area contributed by atoms with Gasteiger partial charge < -0.3 is 10.6 Å². The number of nitrogens with zero attached hydrogens (tertiary/aromatic N) is 3. The number of nitrogens with one attached hydrogen (secondary N) is 2. The fraction of sp³-hybridized carbons (Fsp3) is 0.308. The zero-order valence-electron chi connectivity index (χ0n) is 10.8. The highest BCUT2D eigenvalue weighted by molar-refractivity contribution is 5.99. The summed E-state index contributed by atoms with van der Waals surface area (Å²) in [4.78, 5) is 16.0. The van der Waals surface area contributed by atoms with E-state index in [0.29, 0.717) is 12.1 Å². The van der Waals surface area contributed by atoms with Gasteiger partial charge in [0.1, 0.15) is 0 Å². The smallest absolute Gasteiger partial charge is 0.253 e. The Kier molecular flexibility index (Phi) is 4.49. The number of anilines is 1. The van der Waals surface area contributed by atoms with Gasteiger partial charge in [-0.1, -0.05) is 0 Å². The van der Waals surface area contributed by atoms with Crippen LogP contribution in [0, 0.1) is 0 Å². The number of aromatic nitrogens is 3. The van der Waals surface area contributed by atoms with Crippen molar-refractivity contribution in [2.24, 2.45) is 0 Å². The molecule has 6 nitrogen and oxygen atoms in total. The zero-order valence-corrected chi connectivity index (χ0v) is 10.8. The lowest BCUT2D eigenvalue weighted by atomic mass is 10.2. The molecule has 0 spiro atoms. The summed E-state index contributed by atoms with van der Waals surface area (Å²) in [5, 5.41) is 9.94. The van der Waals surface area contributed by atoms with Crippen molar-refractivity contribution in [3.63, 3.8) is 0 Å². The Morgan fingerprint density at radius 3 is 3.05 bits per heavy atom. The minimum Gasteiger partial charge on any atom is -0.386 e. The molecule has 0 fully saturated rings. The van der Waals surface area contributed by atoms with Crippen LogP contribution in [0.3, 0.4) is 0 Å². The van der Waals surface area contributed by atoms with Gasteiger partial charge in [-0.25, -0.2) is 0 Å². The van der Waals surface area contributed by atoms with Gasteiger partial charge in [0.2, 0.25) is 0 Å². The Labute approximate surface area is 111 Å². The van der Waals surface area contributed by atoms with E-state index in [1.807, 2.05) is 16.9 Å². The molecule has 19 heavy (non-hydrogen) atoms. The van der Waals surface area contributed by atoms with E-state index < -0.39 is 0 Å². The first kappa shape index (κ1) is 13.1. The summed E-state index contributed by atoms with van der Waals surface area (Å²) in [5.41, 5.74) is 1.34. The van der Waals surface area contributed by atoms with Gasteiger partial charge in [0, 0.05) is 38.7 Å². The van der Waals surface area contributed by atoms with E-state index in [-0.39, 0.29) is 5.91 Å². The normalized spacial score (nSPS) is 10.2. The van der Waals surface area contributed by atoms with E-state index in [9.17, 15) is 4.79 Å². The first-order valence-corrected chi connectivity index (χ1v) is 6.18. The first-order valence-electron chi connectivity index (χ1n) is 6.18. The van der Waals surface area contributed by atoms with E-state index in [1.54, 1.807) is 31.7 Å². The van der Waals surface area contributed by atoms with Gasteiger partial charge in [0.25, 0.3) is 5.91 Å². The number of aryl methyl sites for hydroxylation is 1. The molecular weight excluding hydrogens is 242 g/mol. The first-order chi connectivity index (χ1) is 9.31. The Balaban J connectivity index is 1.81. The molecule has 0 aliphatic rings. The van der Waals surface area contributed by atoms with E-state index in [2.05, 4.69) is 20.7 Å². The number of carbonyl (C=O) groups is 1. The third-order valence-electron chi connectivity index (χ3n) is 2.74. The maximum absolute atomic E-state index is 12.0. The Morgan fingerprint density at radius 1 is 1.42 bits per heavy atom. The van der Waals surface area contributed by atoms with Crippen LogP contribution in [0.15, 0.2) is 36.9 Å². The van der Waals surface area contributed by atoms with E-state index in [1.165, 1.54) is 0 Å². The molecule has 2 N–H and O–H groups in total. The predicted molar refractivity (Wildman–Crippen MR) is 73.0 cm³/mol. The number of hydrogen-bond acceptors (Lipinski definition) is 4.